The molecule has 2 aliphatic carbocycles. The Morgan fingerprint density at radius 3 is 2.69 bits per heavy atom. The Morgan fingerprint density at radius 1 is 1.38 bits per heavy atom. The molecule has 1 aromatic carbocycles. The first-order valence-corrected chi connectivity index (χ1v) is 8.58. The molecule has 2 saturated carbocycles. The van der Waals surface area contributed by atoms with Gasteiger partial charge in [-0.1, -0.05) is 18.6 Å². The Bertz CT molecular complexity index is 702. The molecule has 26 heavy (non-hydrogen) atoms. The molecule has 1 spiro atoms. The molecule has 0 heterocycles. The SMILES string of the molecule is N#CCC(NC(=O)NC1CC2(CCC2)C1)c1cccc(OC(F)(F)F)c1. The van der Waals surface area contributed by atoms with Crippen LogP contribution in [0.15, 0.2) is 24.3 Å². The van der Waals surface area contributed by atoms with E-state index in [1.807, 2.05) is 6.07 Å². The fourth-order valence-electron chi connectivity index (χ4n) is 3.83. The molecule has 2 N–H and O–H groups in total. The number of nitrogens with zero attached hydrogens (tertiary/aromatic N) is 1. The van der Waals surface area contributed by atoms with Crippen molar-refractivity contribution in [3.63, 3.8) is 0 Å². The molecular formula is C18H20F3N3O2. The second-order valence-electron chi connectivity index (χ2n) is 7.11. The van der Waals surface area contributed by atoms with Gasteiger partial charge >= 0.3 is 12.4 Å². The van der Waals surface area contributed by atoms with Crippen LogP contribution in [0.25, 0.3) is 0 Å². The number of carbonyl (C=O) groups is 1. The van der Waals surface area contributed by atoms with Crippen molar-refractivity contribution in [2.24, 2.45) is 5.41 Å². The van der Waals surface area contributed by atoms with Crippen LogP contribution in [-0.4, -0.2) is 18.4 Å². The van der Waals surface area contributed by atoms with E-state index in [1.54, 1.807) is 6.07 Å². The molecule has 1 unspecified atom stereocenters. The summed E-state index contributed by atoms with van der Waals surface area (Å²) in [7, 11) is 0. The van der Waals surface area contributed by atoms with E-state index in [2.05, 4.69) is 15.4 Å². The van der Waals surface area contributed by atoms with Crippen LogP contribution in [0, 0.1) is 16.7 Å². The van der Waals surface area contributed by atoms with Gasteiger partial charge < -0.3 is 15.4 Å². The van der Waals surface area contributed by atoms with Crippen LogP contribution in [0.2, 0.25) is 0 Å². The summed E-state index contributed by atoms with van der Waals surface area (Å²) in [5, 5.41) is 14.5. The molecule has 2 aliphatic rings. The number of rotatable bonds is 5. The number of halogens is 3. The Hall–Kier alpha value is -2.43. The van der Waals surface area contributed by atoms with Gasteiger partial charge in [0.25, 0.3) is 0 Å². The van der Waals surface area contributed by atoms with Gasteiger partial charge in [0.05, 0.1) is 18.5 Å². The highest BCUT2D eigenvalue weighted by Gasteiger charge is 2.48. The molecule has 2 amide bonds. The molecule has 1 aromatic rings. The summed E-state index contributed by atoms with van der Waals surface area (Å²) in [6.45, 7) is 0. The van der Waals surface area contributed by atoms with E-state index in [9.17, 15) is 18.0 Å². The lowest BCUT2D eigenvalue weighted by Crippen LogP contribution is -2.55. The zero-order chi connectivity index (χ0) is 18.8. The van der Waals surface area contributed by atoms with Crippen LogP contribution in [0.4, 0.5) is 18.0 Å². The summed E-state index contributed by atoms with van der Waals surface area (Å²) in [5.41, 5.74) is 0.806. The lowest BCUT2D eigenvalue weighted by atomic mass is 9.54. The number of nitrogens with one attached hydrogen (secondary N) is 2. The van der Waals surface area contributed by atoms with Crippen molar-refractivity contribution in [1.29, 1.82) is 5.26 Å². The van der Waals surface area contributed by atoms with Crippen molar-refractivity contribution in [3.05, 3.63) is 29.8 Å². The summed E-state index contributed by atoms with van der Waals surface area (Å²) < 4.78 is 41.0. The molecule has 2 fully saturated rings. The third kappa shape index (κ3) is 4.40. The molecule has 0 bridgehead atoms. The fraction of sp³-hybridized carbons (Fsp3) is 0.556. The quantitative estimate of drug-likeness (QED) is 0.820. The van der Waals surface area contributed by atoms with Gasteiger partial charge in [0.15, 0.2) is 0 Å². The van der Waals surface area contributed by atoms with Crippen molar-refractivity contribution < 1.29 is 22.7 Å². The molecule has 140 valence electrons. The van der Waals surface area contributed by atoms with Gasteiger partial charge in [0, 0.05) is 6.04 Å². The van der Waals surface area contributed by atoms with Crippen molar-refractivity contribution in [1.82, 2.24) is 10.6 Å². The van der Waals surface area contributed by atoms with Crippen LogP contribution < -0.4 is 15.4 Å². The predicted molar refractivity (Wildman–Crippen MR) is 87.1 cm³/mol. The van der Waals surface area contributed by atoms with Gasteiger partial charge in [0.1, 0.15) is 5.75 Å². The predicted octanol–water partition coefficient (Wildman–Crippen LogP) is 4.17. The minimum Gasteiger partial charge on any atom is -0.406 e. The maximum Gasteiger partial charge on any atom is 0.573 e. The Balaban J connectivity index is 1.59. The summed E-state index contributed by atoms with van der Waals surface area (Å²) in [4.78, 5) is 12.2. The molecule has 8 heteroatoms. The topological polar surface area (TPSA) is 74.2 Å². The van der Waals surface area contributed by atoms with Crippen molar-refractivity contribution >= 4 is 6.03 Å². The van der Waals surface area contributed by atoms with Crippen molar-refractivity contribution in [2.45, 2.75) is 57.0 Å². The second-order valence-corrected chi connectivity index (χ2v) is 7.11. The van der Waals surface area contributed by atoms with E-state index in [4.69, 9.17) is 5.26 Å². The maximum atomic E-state index is 12.4. The van der Waals surface area contributed by atoms with E-state index in [-0.39, 0.29) is 18.2 Å². The van der Waals surface area contributed by atoms with Gasteiger partial charge in [-0.2, -0.15) is 5.26 Å². The summed E-state index contributed by atoms with van der Waals surface area (Å²) in [6.07, 6.45) is 0.773. The number of hydrogen-bond acceptors (Lipinski definition) is 3. The van der Waals surface area contributed by atoms with E-state index in [1.165, 1.54) is 37.5 Å². The summed E-state index contributed by atoms with van der Waals surface area (Å²) in [5.74, 6) is -0.383. The Labute approximate surface area is 149 Å². The van der Waals surface area contributed by atoms with Crippen LogP contribution in [0.1, 0.15) is 50.1 Å². The summed E-state index contributed by atoms with van der Waals surface area (Å²) in [6, 6.07) is 6.25. The van der Waals surface area contributed by atoms with Crippen LogP contribution >= 0.6 is 0 Å². The number of benzene rings is 1. The molecule has 0 aromatic heterocycles. The van der Waals surface area contributed by atoms with Crippen molar-refractivity contribution in [3.8, 4) is 11.8 Å². The standard InChI is InChI=1S/C18H20F3N3O2/c19-18(20,21)26-14-4-1-3-12(9-14)15(5-8-22)24-16(25)23-13-10-17(11-13)6-2-7-17/h1,3-4,9,13,15H,2,5-7,10-11H2,(H2,23,24,25). The van der Waals surface area contributed by atoms with Gasteiger partial charge in [-0.15, -0.1) is 13.2 Å². The lowest BCUT2D eigenvalue weighted by molar-refractivity contribution is -0.274. The normalized spacial score (nSPS) is 19.6. The molecule has 0 aliphatic heterocycles. The average molecular weight is 367 g/mol. The molecule has 0 saturated heterocycles. The first-order valence-electron chi connectivity index (χ1n) is 8.58. The first-order chi connectivity index (χ1) is 12.3. The highest BCUT2D eigenvalue weighted by atomic mass is 19.4. The zero-order valence-corrected chi connectivity index (χ0v) is 14.1. The van der Waals surface area contributed by atoms with Gasteiger partial charge in [-0.05, 0) is 48.8 Å². The zero-order valence-electron chi connectivity index (χ0n) is 14.1. The van der Waals surface area contributed by atoms with Gasteiger partial charge in [0.2, 0.25) is 0 Å². The third-order valence-corrected chi connectivity index (χ3v) is 5.20. The highest BCUT2D eigenvalue weighted by molar-refractivity contribution is 5.75. The van der Waals surface area contributed by atoms with Crippen LogP contribution in [-0.2, 0) is 0 Å². The van der Waals surface area contributed by atoms with E-state index >= 15 is 0 Å². The van der Waals surface area contributed by atoms with Crippen LogP contribution in [0.3, 0.4) is 0 Å². The second kappa shape index (κ2) is 7.06. The molecule has 0 radical (unpaired) electrons. The number of alkyl halides is 3. The number of hydrogen-bond donors (Lipinski definition) is 2. The number of nitriles is 1. The molecular weight excluding hydrogens is 347 g/mol. The lowest BCUT2D eigenvalue weighted by Gasteiger charge is -2.54. The molecule has 3 rings (SSSR count). The summed E-state index contributed by atoms with van der Waals surface area (Å²) >= 11 is 0. The monoisotopic (exact) mass is 367 g/mol. The minimum absolute atomic E-state index is 0.0580. The molecule has 1 atom stereocenters. The van der Waals surface area contributed by atoms with Crippen LogP contribution in [0.5, 0.6) is 5.75 Å². The Kier molecular flexibility index (Phi) is 4.99. The fourth-order valence-corrected chi connectivity index (χ4v) is 3.83. The third-order valence-electron chi connectivity index (χ3n) is 5.20. The maximum absolute atomic E-state index is 12.4. The smallest absolute Gasteiger partial charge is 0.406 e. The molecule has 5 nitrogen and oxygen atoms in total. The number of amides is 2. The van der Waals surface area contributed by atoms with Crippen molar-refractivity contribution in [2.75, 3.05) is 0 Å². The number of carbonyl (C=O) groups excluding carboxylic acids is 1. The van der Waals surface area contributed by atoms with E-state index in [0.717, 1.165) is 12.8 Å². The minimum atomic E-state index is -4.80. The number of ether oxygens (including phenoxy) is 1. The first kappa shape index (κ1) is 18.4. The average Bonchev–Trinajstić information content (AvgIpc) is 2.46. The van der Waals surface area contributed by atoms with E-state index in [0.29, 0.717) is 11.0 Å². The van der Waals surface area contributed by atoms with Gasteiger partial charge in [-0.25, -0.2) is 4.79 Å². The highest BCUT2D eigenvalue weighted by Crippen LogP contribution is 2.55. The van der Waals surface area contributed by atoms with E-state index < -0.39 is 18.4 Å². The van der Waals surface area contributed by atoms with Gasteiger partial charge in [-0.3, -0.25) is 0 Å². The Morgan fingerprint density at radius 2 is 2.12 bits per heavy atom. The number of urea groups is 1. The largest absolute Gasteiger partial charge is 0.573 e.